The van der Waals surface area contributed by atoms with Crippen molar-refractivity contribution >= 4 is 5.97 Å². The third-order valence-electron chi connectivity index (χ3n) is 7.08. The SMILES string of the molecule is C=C1CC[C@H]2[C@](C)(CCC[C@]2(C)C(=O)O)[C@H]1CC[C@@H](C)CCO. The van der Waals surface area contributed by atoms with Crippen LogP contribution >= 0.6 is 0 Å². The Bertz CT molecular complexity index is 458. The van der Waals surface area contributed by atoms with Crippen LogP contribution in [0.2, 0.25) is 0 Å². The van der Waals surface area contributed by atoms with Gasteiger partial charge in [-0.2, -0.15) is 0 Å². The number of carboxylic acids is 1. The van der Waals surface area contributed by atoms with Crippen LogP contribution in [0.25, 0.3) is 0 Å². The summed E-state index contributed by atoms with van der Waals surface area (Å²) in [6.45, 7) is 11.1. The summed E-state index contributed by atoms with van der Waals surface area (Å²) in [5, 5.41) is 19.0. The van der Waals surface area contributed by atoms with E-state index in [1.165, 1.54) is 5.57 Å². The van der Waals surface area contributed by atoms with Gasteiger partial charge in [0, 0.05) is 6.61 Å². The molecule has 0 bridgehead atoms. The molecule has 2 N–H and O–H groups in total. The van der Waals surface area contributed by atoms with Crippen molar-refractivity contribution in [2.45, 2.75) is 72.1 Å². The van der Waals surface area contributed by atoms with Gasteiger partial charge in [-0.15, -0.1) is 0 Å². The Morgan fingerprint density at radius 2 is 2.04 bits per heavy atom. The Labute approximate surface area is 141 Å². The van der Waals surface area contributed by atoms with Crippen LogP contribution in [-0.4, -0.2) is 22.8 Å². The molecule has 0 spiro atoms. The Morgan fingerprint density at radius 3 is 2.65 bits per heavy atom. The Balaban J connectivity index is 2.21. The van der Waals surface area contributed by atoms with Crippen molar-refractivity contribution in [1.29, 1.82) is 0 Å². The Hall–Kier alpha value is -0.830. The van der Waals surface area contributed by atoms with E-state index in [1.807, 2.05) is 6.92 Å². The lowest BCUT2D eigenvalue weighted by atomic mass is 9.46. The molecular formula is C20H34O3. The summed E-state index contributed by atoms with van der Waals surface area (Å²) in [7, 11) is 0. The van der Waals surface area contributed by atoms with Gasteiger partial charge in [0.2, 0.25) is 0 Å². The zero-order valence-electron chi connectivity index (χ0n) is 15.1. The molecule has 0 aliphatic heterocycles. The number of hydrogen-bond acceptors (Lipinski definition) is 2. The van der Waals surface area contributed by atoms with Gasteiger partial charge < -0.3 is 10.2 Å². The number of rotatable bonds is 6. The molecule has 132 valence electrons. The summed E-state index contributed by atoms with van der Waals surface area (Å²) in [6, 6.07) is 0. The predicted molar refractivity (Wildman–Crippen MR) is 93.2 cm³/mol. The van der Waals surface area contributed by atoms with Crippen molar-refractivity contribution in [3.63, 3.8) is 0 Å². The molecule has 0 heterocycles. The van der Waals surface area contributed by atoms with Crippen LogP contribution in [0, 0.1) is 28.6 Å². The number of carboxylic acid groups (broad SMARTS) is 1. The zero-order chi connectivity index (χ0) is 17.3. The first-order chi connectivity index (χ1) is 10.8. The maximum Gasteiger partial charge on any atom is 0.309 e. The molecule has 2 saturated carbocycles. The fraction of sp³-hybridized carbons (Fsp3) is 0.850. The van der Waals surface area contributed by atoms with Gasteiger partial charge >= 0.3 is 5.97 Å². The number of aliphatic hydroxyl groups is 1. The van der Waals surface area contributed by atoms with Gasteiger partial charge in [-0.1, -0.05) is 38.8 Å². The number of allylic oxidation sites excluding steroid dienone is 1. The molecule has 5 atom stereocenters. The van der Waals surface area contributed by atoms with Crippen molar-refractivity contribution in [1.82, 2.24) is 0 Å². The fourth-order valence-electron chi connectivity index (χ4n) is 5.55. The molecule has 3 heteroatoms. The number of hydrogen-bond donors (Lipinski definition) is 2. The first kappa shape index (κ1) is 18.5. The van der Waals surface area contributed by atoms with Gasteiger partial charge in [-0.05, 0) is 68.6 Å². The van der Waals surface area contributed by atoms with E-state index in [1.54, 1.807) is 0 Å². The summed E-state index contributed by atoms with van der Waals surface area (Å²) in [5.74, 6) is 0.589. The average molecular weight is 322 g/mol. The largest absolute Gasteiger partial charge is 0.481 e. The molecule has 0 unspecified atom stereocenters. The number of carbonyl (C=O) groups is 1. The highest BCUT2D eigenvalue weighted by molar-refractivity contribution is 5.75. The molecule has 2 rings (SSSR count). The Kier molecular flexibility index (Phi) is 5.60. The van der Waals surface area contributed by atoms with E-state index in [-0.39, 0.29) is 17.9 Å². The lowest BCUT2D eigenvalue weighted by molar-refractivity contribution is -0.164. The van der Waals surface area contributed by atoms with E-state index in [9.17, 15) is 9.90 Å². The van der Waals surface area contributed by atoms with Crippen molar-refractivity contribution in [3.8, 4) is 0 Å². The lowest BCUT2D eigenvalue weighted by Crippen LogP contribution is -2.53. The van der Waals surface area contributed by atoms with Crippen molar-refractivity contribution in [2.24, 2.45) is 28.6 Å². The summed E-state index contributed by atoms with van der Waals surface area (Å²) in [6.07, 6.45) is 7.92. The molecule has 0 radical (unpaired) electrons. The van der Waals surface area contributed by atoms with Crippen LogP contribution < -0.4 is 0 Å². The van der Waals surface area contributed by atoms with Gasteiger partial charge in [0.1, 0.15) is 0 Å². The number of aliphatic hydroxyl groups excluding tert-OH is 1. The fourth-order valence-corrected chi connectivity index (χ4v) is 5.55. The van der Waals surface area contributed by atoms with E-state index in [0.717, 1.165) is 51.4 Å². The minimum atomic E-state index is -0.617. The summed E-state index contributed by atoms with van der Waals surface area (Å²) >= 11 is 0. The van der Waals surface area contributed by atoms with E-state index in [2.05, 4.69) is 20.4 Å². The van der Waals surface area contributed by atoms with Crippen LogP contribution in [-0.2, 0) is 4.79 Å². The highest BCUT2D eigenvalue weighted by Gasteiger charge is 2.57. The highest BCUT2D eigenvalue weighted by atomic mass is 16.4. The standard InChI is InChI=1S/C20H34O3/c1-14(10-13-21)6-8-16-15(2)7-9-17-19(16,3)11-5-12-20(17,4)18(22)23/h14,16-17,21H,2,5-13H2,1,3-4H3,(H,22,23)/t14-,16+,17+,19-,20+/m1/s1. The topological polar surface area (TPSA) is 57.5 Å². The molecule has 2 aliphatic rings. The van der Waals surface area contributed by atoms with Crippen molar-refractivity contribution in [2.75, 3.05) is 6.61 Å². The zero-order valence-corrected chi connectivity index (χ0v) is 15.1. The minimum Gasteiger partial charge on any atom is -0.481 e. The third-order valence-corrected chi connectivity index (χ3v) is 7.08. The van der Waals surface area contributed by atoms with Crippen LogP contribution in [0.4, 0.5) is 0 Å². The quantitative estimate of drug-likeness (QED) is 0.700. The summed E-state index contributed by atoms with van der Waals surface area (Å²) in [5.41, 5.74) is 0.817. The third kappa shape index (κ3) is 3.35. The molecule has 0 saturated heterocycles. The average Bonchev–Trinajstić information content (AvgIpc) is 2.46. The molecule has 0 aromatic heterocycles. The predicted octanol–water partition coefficient (Wildman–Crippen LogP) is 4.65. The summed E-state index contributed by atoms with van der Waals surface area (Å²) in [4.78, 5) is 12.0. The highest BCUT2D eigenvalue weighted by Crippen LogP contribution is 2.62. The van der Waals surface area contributed by atoms with Crippen molar-refractivity contribution < 1.29 is 15.0 Å². The van der Waals surface area contributed by atoms with Crippen molar-refractivity contribution in [3.05, 3.63) is 12.2 Å². The van der Waals surface area contributed by atoms with E-state index in [0.29, 0.717) is 11.8 Å². The van der Waals surface area contributed by atoms with E-state index < -0.39 is 11.4 Å². The maximum absolute atomic E-state index is 12.0. The normalized spacial score (nSPS) is 38.9. The second-order valence-electron chi connectivity index (χ2n) is 8.58. The molecule has 23 heavy (non-hydrogen) atoms. The monoisotopic (exact) mass is 322 g/mol. The van der Waals surface area contributed by atoms with Gasteiger partial charge in [-0.25, -0.2) is 0 Å². The Morgan fingerprint density at radius 1 is 1.35 bits per heavy atom. The molecule has 2 fully saturated rings. The molecule has 2 aliphatic carbocycles. The van der Waals surface area contributed by atoms with Gasteiger partial charge in [0.25, 0.3) is 0 Å². The first-order valence-corrected chi connectivity index (χ1v) is 9.27. The van der Waals surface area contributed by atoms with Gasteiger partial charge in [0.05, 0.1) is 5.41 Å². The van der Waals surface area contributed by atoms with Crippen LogP contribution in [0.5, 0.6) is 0 Å². The summed E-state index contributed by atoms with van der Waals surface area (Å²) < 4.78 is 0. The first-order valence-electron chi connectivity index (χ1n) is 9.27. The smallest absolute Gasteiger partial charge is 0.309 e. The second-order valence-corrected chi connectivity index (χ2v) is 8.58. The molecular weight excluding hydrogens is 288 g/mol. The molecule has 3 nitrogen and oxygen atoms in total. The maximum atomic E-state index is 12.0. The van der Waals surface area contributed by atoms with Crippen LogP contribution in [0.15, 0.2) is 12.2 Å². The molecule has 0 aromatic carbocycles. The van der Waals surface area contributed by atoms with Crippen LogP contribution in [0.3, 0.4) is 0 Å². The van der Waals surface area contributed by atoms with E-state index >= 15 is 0 Å². The number of fused-ring (bicyclic) bond motifs is 1. The second kappa shape index (κ2) is 6.96. The molecule has 0 amide bonds. The lowest BCUT2D eigenvalue weighted by Gasteiger charge is -2.57. The van der Waals surface area contributed by atoms with Crippen LogP contribution in [0.1, 0.15) is 72.1 Å². The van der Waals surface area contributed by atoms with Gasteiger partial charge in [0.15, 0.2) is 0 Å². The minimum absolute atomic E-state index is 0.0691. The number of aliphatic carboxylic acids is 1. The molecule has 0 aromatic rings. The van der Waals surface area contributed by atoms with E-state index in [4.69, 9.17) is 5.11 Å². The van der Waals surface area contributed by atoms with Gasteiger partial charge in [-0.3, -0.25) is 4.79 Å².